The van der Waals surface area contributed by atoms with Crippen LogP contribution < -0.4 is 0 Å². The van der Waals surface area contributed by atoms with Crippen molar-refractivity contribution >= 4 is 5.78 Å². The molecule has 0 aromatic rings. The van der Waals surface area contributed by atoms with Gasteiger partial charge in [-0.15, -0.1) is 0 Å². The van der Waals surface area contributed by atoms with Gasteiger partial charge in [-0.25, -0.2) is 0 Å². The highest BCUT2D eigenvalue weighted by atomic mass is 16.3. The molecular formula is C21H30O2. The van der Waals surface area contributed by atoms with Gasteiger partial charge >= 0.3 is 0 Å². The number of aliphatic hydroxyl groups is 1. The van der Waals surface area contributed by atoms with Crippen molar-refractivity contribution in [1.29, 1.82) is 0 Å². The molecule has 3 unspecified atom stereocenters. The molecule has 0 radical (unpaired) electrons. The van der Waals surface area contributed by atoms with Gasteiger partial charge in [0.15, 0.2) is 5.78 Å². The van der Waals surface area contributed by atoms with E-state index in [1.807, 2.05) is 6.08 Å². The van der Waals surface area contributed by atoms with Gasteiger partial charge in [0, 0.05) is 11.8 Å². The zero-order valence-corrected chi connectivity index (χ0v) is 14.8. The van der Waals surface area contributed by atoms with Crippen molar-refractivity contribution in [1.82, 2.24) is 0 Å². The predicted molar refractivity (Wildman–Crippen MR) is 91.8 cm³/mol. The zero-order valence-electron chi connectivity index (χ0n) is 14.8. The van der Waals surface area contributed by atoms with Crippen LogP contribution in [0.4, 0.5) is 0 Å². The fourth-order valence-electron chi connectivity index (χ4n) is 6.93. The zero-order chi connectivity index (χ0) is 16.6. The number of ketones is 1. The van der Waals surface area contributed by atoms with Crippen LogP contribution in [-0.4, -0.2) is 17.0 Å². The van der Waals surface area contributed by atoms with Crippen molar-refractivity contribution in [3.05, 3.63) is 23.8 Å². The van der Waals surface area contributed by atoms with Crippen molar-refractivity contribution in [2.45, 2.75) is 65.4 Å². The minimum Gasteiger partial charge on any atom is -0.393 e. The topological polar surface area (TPSA) is 37.3 Å². The molecule has 0 aromatic carbocycles. The highest BCUT2D eigenvalue weighted by molar-refractivity contribution is 5.91. The number of allylic oxidation sites excluding steroid dienone is 2. The Hall–Kier alpha value is -0.890. The van der Waals surface area contributed by atoms with Gasteiger partial charge in [0.05, 0.1) is 6.10 Å². The van der Waals surface area contributed by atoms with E-state index in [4.69, 9.17) is 0 Å². The Labute approximate surface area is 140 Å². The minimum atomic E-state index is -0.171. The molecule has 1 N–H and O–H groups in total. The van der Waals surface area contributed by atoms with Crippen LogP contribution in [-0.2, 0) is 4.79 Å². The second kappa shape index (κ2) is 4.81. The maximum Gasteiger partial charge on any atom is 0.155 e. The van der Waals surface area contributed by atoms with Gasteiger partial charge < -0.3 is 5.11 Å². The summed E-state index contributed by atoms with van der Waals surface area (Å²) in [5, 5.41) is 10.6. The lowest BCUT2D eigenvalue weighted by Gasteiger charge is -2.60. The first-order valence-electron chi connectivity index (χ1n) is 9.37. The first-order valence-corrected chi connectivity index (χ1v) is 9.37. The van der Waals surface area contributed by atoms with Crippen LogP contribution in [0.5, 0.6) is 0 Å². The summed E-state index contributed by atoms with van der Waals surface area (Å²) in [6.07, 6.45) is 7.58. The minimum absolute atomic E-state index is 0.0224. The maximum absolute atomic E-state index is 12.0. The van der Waals surface area contributed by atoms with E-state index in [0.29, 0.717) is 35.9 Å². The van der Waals surface area contributed by atoms with Crippen LogP contribution >= 0.6 is 0 Å². The van der Waals surface area contributed by atoms with Crippen LogP contribution in [0.15, 0.2) is 23.8 Å². The fraction of sp³-hybridized carbons (Fsp3) is 0.762. The Kier molecular flexibility index (Phi) is 3.27. The third-order valence-corrected chi connectivity index (χ3v) is 8.10. The van der Waals surface area contributed by atoms with E-state index in [1.165, 1.54) is 11.1 Å². The van der Waals surface area contributed by atoms with Crippen molar-refractivity contribution in [3.63, 3.8) is 0 Å². The van der Waals surface area contributed by atoms with E-state index in [2.05, 4.69) is 27.4 Å². The Morgan fingerprint density at radius 3 is 2.78 bits per heavy atom. The van der Waals surface area contributed by atoms with Gasteiger partial charge in [-0.3, -0.25) is 4.79 Å². The Morgan fingerprint density at radius 1 is 1.30 bits per heavy atom. The monoisotopic (exact) mass is 314 g/mol. The molecule has 0 aliphatic heterocycles. The van der Waals surface area contributed by atoms with Crippen molar-refractivity contribution in [3.8, 4) is 0 Å². The summed E-state index contributed by atoms with van der Waals surface area (Å²) in [6.45, 7) is 11.5. The summed E-state index contributed by atoms with van der Waals surface area (Å²) >= 11 is 0. The van der Waals surface area contributed by atoms with E-state index in [0.717, 1.165) is 32.1 Å². The lowest BCUT2D eigenvalue weighted by atomic mass is 9.44. The standard InChI is InChI=1S/C21H30O2/c1-12-9-14-10-15(22)7-8-20(14,3)19-13(2)11-21(4)16(18(12)19)5-6-17(21)23/h10,12,16-19,23H,2,5-9,11H2,1,3-4H3/t12-,16?,17+,18?,19?,20+,21+/m1/s1. The van der Waals surface area contributed by atoms with Crippen molar-refractivity contribution in [2.24, 2.45) is 34.5 Å². The molecule has 0 aromatic heterocycles. The molecule has 23 heavy (non-hydrogen) atoms. The molecular weight excluding hydrogens is 284 g/mol. The molecule has 126 valence electrons. The second-order valence-electron chi connectivity index (χ2n) is 9.33. The summed E-state index contributed by atoms with van der Waals surface area (Å²) in [7, 11) is 0. The number of rotatable bonds is 0. The van der Waals surface area contributed by atoms with Gasteiger partial charge in [0.1, 0.15) is 0 Å². The maximum atomic E-state index is 12.0. The summed E-state index contributed by atoms with van der Waals surface area (Å²) in [5.41, 5.74) is 2.86. The Morgan fingerprint density at radius 2 is 2.04 bits per heavy atom. The predicted octanol–water partition coefficient (Wildman–Crippen LogP) is 4.29. The molecule has 2 nitrogen and oxygen atoms in total. The summed E-state index contributed by atoms with van der Waals surface area (Å²) < 4.78 is 0. The molecule has 0 saturated heterocycles. The average molecular weight is 314 g/mol. The van der Waals surface area contributed by atoms with Crippen LogP contribution in [0.2, 0.25) is 0 Å². The highest BCUT2D eigenvalue weighted by Crippen LogP contribution is 2.67. The van der Waals surface area contributed by atoms with E-state index < -0.39 is 0 Å². The molecule has 0 bridgehead atoms. The SMILES string of the molecule is C=C1C[C@@]2(C)C(CC[C@@H]2O)C2C1[C@@]1(C)CCC(=O)C=C1C[C@H]2C. The second-order valence-corrected chi connectivity index (χ2v) is 9.33. The van der Waals surface area contributed by atoms with Gasteiger partial charge in [0.2, 0.25) is 0 Å². The third-order valence-electron chi connectivity index (χ3n) is 8.10. The summed E-state index contributed by atoms with van der Waals surface area (Å²) in [6, 6.07) is 0. The lowest BCUT2D eigenvalue weighted by molar-refractivity contribution is -0.117. The number of aliphatic hydroxyl groups excluding tert-OH is 1. The summed E-state index contributed by atoms with van der Waals surface area (Å²) in [4.78, 5) is 12.0. The first kappa shape index (κ1) is 15.6. The van der Waals surface area contributed by atoms with Gasteiger partial charge in [0.25, 0.3) is 0 Å². The van der Waals surface area contributed by atoms with Crippen LogP contribution in [0.25, 0.3) is 0 Å². The molecule has 3 fully saturated rings. The molecule has 4 aliphatic carbocycles. The fourth-order valence-corrected chi connectivity index (χ4v) is 6.93. The molecule has 3 saturated carbocycles. The number of hydrogen-bond donors (Lipinski definition) is 1. The van der Waals surface area contributed by atoms with Crippen molar-refractivity contribution < 1.29 is 9.90 Å². The Balaban J connectivity index is 1.80. The average Bonchev–Trinajstić information content (AvgIpc) is 2.76. The normalized spacial score (nSPS) is 52.5. The van der Waals surface area contributed by atoms with Crippen LogP contribution in [0.3, 0.4) is 0 Å². The first-order chi connectivity index (χ1) is 10.8. The van der Waals surface area contributed by atoms with Crippen LogP contribution in [0, 0.1) is 34.5 Å². The number of hydrogen-bond acceptors (Lipinski definition) is 2. The largest absolute Gasteiger partial charge is 0.393 e. The van der Waals surface area contributed by atoms with Crippen molar-refractivity contribution in [2.75, 3.05) is 0 Å². The van der Waals surface area contributed by atoms with E-state index in [-0.39, 0.29) is 16.9 Å². The molecule has 4 aliphatic rings. The molecule has 4 rings (SSSR count). The quantitative estimate of drug-likeness (QED) is 0.677. The third kappa shape index (κ3) is 1.94. The number of carbonyl (C=O) groups excluding carboxylic acids is 1. The molecule has 0 spiro atoms. The molecule has 0 amide bonds. The van der Waals surface area contributed by atoms with E-state index >= 15 is 0 Å². The van der Waals surface area contributed by atoms with Gasteiger partial charge in [-0.05, 0) is 67.3 Å². The molecule has 7 atom stereocenters. The number of carbonyl (C=O) groups is 1. The van der Waals surface area contributed by atoms with Gasteiger partial charge in [-0.2, -0.15) is 0 Å². The van der Waals surface area contributed by atoms with Gasteiger partial charge in [-0.1, -0.05) is 38.5 Å². The van der Waals surface area contributed by atoms with Crippen LogP contribution in [0.1, 0.15) is 59.3 Å². The highest BCUT2D eigenvalue weighted by Gasteiger charge is 2.61. The smallest absolute Gasteiger partial charge is 0.155 e. The van der Waals surface area contributed by atoms with E-state index in [1.54, 1.807) is 0 Å². The molecule has 2 heteroatoms. The lowest BCUT2D eigenvalue weighted by Crippen LogP contribution is -2.54. The number of fused-ring (bicyclic) bond motifs is 5. The summed E-state index contributed by atoms with van der Waals surface area (Å²) in [5.74, 6) is 2.62. The molecule has 0 heterocycles. The Bertz CT molecular complexity index is 603. The van der Waals surface area contributed by atoms with E-state index in [9.17, 15) is 9.90 Å².